The van der Waals surface area contributed by atoms with Crippen LogP contribution in [0.1, 0.15) is 67.5 Å². The summed E-state index contributed by atoms with van der Waals surface area (Å²) in [6, 6.07) is 2.83. The lowest BCUT2D eigenvalue weighted by atomic mass is 9.84. The molecule has 1 saturated carbocycles. The average Bonchev–Trinajstić information content (AvgIpc) is 3.46. The number of fused-ring (bicyclic) bond motifs is 2. The van der Waals surface area contributed by atoms with Gasteiger partial charge in [-0.15, -0.1) is 11.3 Å². The molecular weight excluding hydrogens is 432 g/mol. The number of nitrogens with zero attached hydrogens (tertiary/aromatic N) is 5. The van der Waals surface area contributed by atoms with Crippen LogP contribution in [0.5, 0.6) is 0 Å². The molecule has 0 aromatic carbocycles. The molecule has 174 valence electrons. The molecule has 0 spiro atoms. The molecule has 0 amide bonds. The maximum absolute atomic E-state index is 5.46. The zero-order valence-electron chi connectivity index (χ0n) is 19.8. The second-order valence-corrected chi connectivity index (χ2v) is 11.1. The summed E-state index contributed by atoms with van der Waals surface area (Å²) in [5.74, 6) is 0.966. The maximum Gasteiger partial charge on any atom is 0.155 e. The highest BCUT2D eigenvalue weighted by Crippen LogP contribution is 2.43. The number of thiazole rings is 1. The Morgan fingerprint density at radius 1 is 1.18 bits per heavy atom. The Labute approximate surface area is 198 Å². The number of hydrogen-bond donors (Lipinski definition) is 1. The van der Waals surface area contributed by atoms with Crippen LogP contribution >= 0.6 is 11.3 Å². The normalized spacial score (nSPS) is 22.6. The lowest BCUT2D eigenvalue weighted by molar-refractivity contribution is -0.0579. The van der Waals surface area contributed by atoms with Crippen molar-refractivity contribution in [3.63, 3.8) is 0 Å². The van der Waals surface area contributed by atoms with Crippen molar-refractivity contribution in [2.24, 2.45) is 0 Å². The third kappa shape index (κ3) is 3.59. The summed E-state index contributed by atoms with van der Waals surface area (Å²) in [7, 11) is 1.83. The van der Waals surface area contributed by atoms with Crippen LogP contribution in [-0.4, -0.2) is 61.8 Å². The van der Waals surface area contributed by atoms with E-state index in [0.29, 0.717) is 17.9 Å². The van der Waals surface area contributed by atoms with E-state index in [0.717, 1.165) is 30.3 Å². The standard InChI is InChI=1S/C25H32N6OS/c1-14(2)21-22(19-12-31-20(9-15(19)3)26-13-27-31)28-25-23(21)29-24(33-25)16-5-7-17(8-6-16)30-10-18(11-30)32-4/h9,12-14,16-18,28H,5-8,10-11H2,1-4H3. The van der Waals surface area contributed by atoms with Gasteiger partial charge in [-0.1, -0.05) is 13.8 Å². The first-order valence-corrected chi connectivity index (χ1v) is 12.9. The second-order valence-electron chi connectivity index (χ2n) is 10.0. The molecule has 0 unspecified atom stereocenters. The van der Waals surface area contributed by atoms with Gasteiger partial charge in [0.2, 0.25) is 0 Å². The van der Waals surface area contributed by atoms with Crippen molar-refractivity contribution < 1.29 is 4.74 Å². The minimum absolute atomic E-state index is 0.380. The highest BCUT2D eigenvalue weighted by Gasteiger charge is 2.35. The SMILES string of the molecule is COC1CN(C2CCC(c3nc4c(C(C)C)c(-c5cn6ncnc6cc5C)[nH]c4s3)CC2)C1. The molecule has 7 nitrogen and oxygen atoms in total. The molecule has 1 aliphatic heterocycles. The highest BCUT2D eigenvalue weighted by molar-refractivity contribution is 7.18. The van der Waals surface area contributed by atoms with Gasteiger partial charge < -0.3 is 9.72 Å². The third-order valence-electron chi connectivity index (χ3n) is 7.65. The summed E-state index contributed by atoms with van der Waals surface area (Å²) in [4.78, 5) is 17.1. The molecule has 6 rings (SSSR count). The van der Waals surface area contributed by atoms with Gasteiger partial charge in [-0.2, -0.15) is 5.10 Å². The number of aromatic amines is 1. The van der Waals surface area contributed by atoms with E-state index in [1.807, 2.05) is 23.0 Å². The zero-order valence-corrected chi connectivity index (χ0v) is 20.7. The summed E-state index contributed by atoms with van der Waals surface area (Å²) >= 11 is 1.86. The molecule has 0 radical (unpaired) electrons. The van der Waals surface area contributed by atoms with Crippen LogP contribution in [0.2, 0.25) is 0 Å². The fraction of sp³-hybridized carbons (Fsp3) is 0.560. The van der Waals surface area contributed by atoms with Crippen molar-refractivity contribution >= 4 is 27.3 Å². The first-order valence-electron chi connectivity index (χ1n) is 12.1. The van der Waals surface area contributed by atoms with Gasteiger partial charge in [0.1, 0.15) is 16.7 Å². The van der Waals surface area contributed by atoms with Gasteiger partial charge in [-0.25, -0.2) is 14.5 Å². The number of H-pyrrole nitrogens is 1. The van der Waals surface area contributed by atoms with E-state index in [2.05, 4.69) is 53.0 Å². The van der Waals surface area contributed by atoms with E-state index in [1.165, 1.54) is 57.9 Å². The van der Waals surface area contributed by atoms with Crippen molar-refractivity contribution in [3.05, 3.63) is 34.7 Å². The topological polar surface area (TPSA) is 71.3 Å². The van der Waals surface area contributed by atoms with Crippen LogP contribution in [0.25, 0.3) is 27.3 Å². The molecule has 5 heterocycles. The van der Waals surface area contributed by atoms with Crippen molar-refractivity contribution in [1.82, 2.24) is 29.5 Å². The van der Waals surface area contributed by atoms with Crippen molar-refractivity contribution in [1.29, 1.82) is 0 Å². The highest BCUT2D eigenvalue weighted by atomic mass is 32.1. The van der Waals surface area contributed by atoms with Crippen LogP contribution < -0.4 is 0 Å². The van der Waals surface area contributed by atoms with Gasteiger partial charge in [0.05, 0.1) is 16.8 Å². The molecule has 4 aromatic heterocycles. The minimum Gasteiger partial charge on any atom is -0.379 e. The molecule has 1 N–H and O–H groups in total. The van der Waals surface area contributed by atoms with Crippen LogP contribution in [0.4, 0.5) is 0 Å². The molecule has 0 bridgehead atoms. The Morgan fingerprint density at radius 3 is 2.70 bits per heavy atom. The van der Waals surface area contributed by atoms with E-state index in [9.17, 15) is 0 Å². The molecule has 2 aliphatic rings. The second kappa shape index (κ2) is 8.18. The van der Waals surface area contributed by atoms with Gasteiger partial charge >= 0.3 is 0 Å². The number of pyridine rings is 1. The summed E-state index contributed by atoms with van der Waals surface area (Å²) in [6.07, 6.45) is 9.16. The van der Waals surface area contributed by atoms with Crippen LogP contribution in [0.15, 0.2) is 18.6 Å². The Hall–Kier alpha value is -2.29. The molecule has 1 saturated heterocycles. The predicted molar refractivity (Wildman–Crippen MR) is 132 cm³/mol. The van der Waals surface area contributed by atoms with E-state index in [4.69, 9.17) is 9.72 Å². The Morgan fingerprint density at radius 2 is 1.97 bits per heavy atom. The lowest BCUT2D eigenvalue weighted by Gasteiger charge is -2.45. The summed E-state index contributed by atoms with van der Waals surface area (Å²) in [6.45, 7) is 8.88. The molecule has 1 aliphatic carbocycles. The summed E-state index contributed by atoms with van der Waals surface area (Å²) < 4.78 is 7.31. The van der Waals surface area contributed by atoms with E-state index >= 15 is 0 Å². The third-order valence-corrected chi connectivity index (χ3v) is 8.78. The molecular formula is C25H32N6OS. The van der Waals surface area contributed by atoms with Gasteiger partial charge in [-0.3, -0.25) is 4.90 Å². The molecule has 33 heavy (non-hydrogen) atoms. The van der Waals surface area contributed by atoms with Crippen LogP contribution in [0, 0.1) is 6.92 Å². The lowest BCUT2D eigenvalue weighted by Crippen LogP contribution is -2.56. The predicted octanol–water partition coefficient (Wildman–Crippen LogP) is 5.12. The Kier molecular flexibility index (Phi) is 5.27. The van der Waals surface area contributed by atoms with Crippen molar-refractivity contribution in [2.45, 2.75) is 70.4 Å². The number of ether oxygens (including phenoxy) is 1. The van der Waals surface area contributed by atoms with Gasteiger partial charge in [0.25, 0.3) is 0 Å². The number of methoxy groups -OCH3 is 1. The minimum atomic E-state index is 0.380. The first-order chi connectivity index (χ1) is 16.0. The number of aromatic nitrogens is 5. The maximum atomic E-state index is 5.46. The molecule has 0 atom stereocenters. The van der Waals surface area contributed by atoms with Gasteiger partial charge in [0, 0.05) is 49.5 Å². The average molecular weight is 465 g/mol. The Balaban J connectivity index is 1.27. The quantitative estimate of drug-likeness (QED) is 0.444. The fourth-order valence-corrected chi connectivity index (χ4v) is 6.83. The zero-order chi connectivity index (χ0) is 22.7. The summed E-state index contributed by atoms with van der Waals surface area (Å²) in [5.41, 5.74) is 6.90. The van der Waals surface area contributed by atoms with Crippen molar-refractivity contribution in [2.75, 3.05) is 20.2 Å². The van der Waals surface area contributed by atoms with Crippen molar-refractivity contribution in [3.8, 4) is 11.3 Å². The van der Waals surface area contributed by atoms with Gasteiger partial charge in [-0.05, 0) is 50.2 Å². The van der Waals surface area contributed by atoms with E-state index in [-0.39, 0.29) is 0 Å². The number of aryl methyl sites for hydroxylation is 1. The fourth-order valence-electron chi connectivity index (χ4n) is 5.68. The smallest absolute Gasteiger partial charge is 0.155 e. The largest absolute Gasteiger partial charge is 0.379 e. The number of likely N-dealkylation sites (tertiary alicyclic amines) is 1. The number of hydrogen-bond acceptors (Lipinski definition) is 6. The van der Waals surface area contributed by atoms with Gasteiger partial charge in [0.15, 0.2) is 5.65 Å². The summed E-state index contributed by atoms with van der Waals surface area (Å²) in [5, 5.41) is 5.65. The monoisotopic (exact) mass is 464 g/mol. The van der Waals surface area contributed by atoms with Crippen LogP contribution in [0.3, 0.4) is 0 Å². The Bertz CT molecular complexity index is 1290. The van der Waals surface area contributed by atoms with E-state index < -0.39 is 0 Å². The van der Waals surface area contributed by atoms with E-state index in [1.54, 1.807) is 6.33 Å². The molecule has 8 heteroatoms. The number of rotatable bonds is 5. The van der Waals surface area contributed by atoms with Crippen LogP contribution in [-0.2, 0) is 4.74 Å². The molecule has 4 aromatic rings. The first kappa shape index (κ1) is 21.3. The molecule has 2 fully saturated rings. The number of nitrogens with one attached hydrogen (secondary N) is 1.